The average Bonchev–Trinajstić information content (AvgIpc) is 3.07. The lowest BCUT2D eigenvalue weighted by Gasteiger charge is -2.29. The zero-order chi connectivity index (χ0) is 19.0. The van der Waals surface area contributed by atoms with Crippen molar-refractivity contribution in [1.82, 2.24) is 15.2 Å². The number of amides is 1. The van der Waals surface area contributed by atoms with E-state index in [1.54, 1.807) is 16.2 Å². The molecule has 6 nitrogen and oxygen atoms in total. The first-order valence-electron chi connectivity index (χ1n) is 8.55. The summed E-state index contributed by atoms with van der Waals surface area (Å²) in [5, 5.41) is 9.05. The average molecular weight is 399 g/mol. The summed E-state index contributed by atoms with van der Waals surface area (Å²) >= 11 is 3.01. The van der Waals surface area contributed by atoms with Gasteiger partial charge in [-0.15, -0.1) is 21.5 Å². The van der Waals surface area contributed by atoms with E-state index in [1.165, 1.54) is 11.8 Å². The van der Waals surface area contributed by atoms with Crippen LogP contribution in [0.4, 0.5) is 5.69 Å². The first-order valence-corrected chi connectivity index (χ1v) is 10.6. The van der Waals surface area contributed by atoms with Crippen molar-refractivity contribution < 1.29 is 9.53 Å². The number of hydrogen-bond acceptors (Lipinski definition) is 7. The fraction of sp³-hybridized carbons (Fsp3) is 0.263. The fourth-order valence-corrected chi connectivity index (χ4v) is 4.21. The van der Waals surface area contributed by atoms with Crippen LogP contribution in [-0.2, 0) is 4.79 Å². The number of carbonyl (C=O) groups excluding carboxylic acids is 1. The standard InChI is InChI=1S/C19H18N4O2S2/c1-4-15(24)23-13-8-6-5-7-12(13)16-17(20-19(26-3)22-21-16)25-18(23)14-10-9-11(2)27-14/h5-10,18H,4H2,1-3H3. The molecular weight excluding hydrogens is 380 g/mol. The molecule has 1 aliphatic rings. The number of rotatable bonds is 3. The van der Waals surface area contributed by atoms with Gasteiger partial charge in [0.15, 0.2) is 5.69 Å². The van der Waals surface area contributed by atoms with Crippen molar-refractivity contribution in [2.75, 3.05) is 11.2 Å². The number of thiophene rings is 1. The van der Waals surface area contributed by atoms with Gasteiger partial charge in [0.2, 0.25) is 23.2 Å². The van der Waals surface area contributed by atoms with Gasteiger partial charge in [0.25, 0.3) is 0 Å². The molecule has 0 aliphatic carbocycles. The first-order chi connectivity index (χ1) is 13.1. The van der Waals surface area contributed by atoms with Gasteiger partial charge in [-0.25, -0.2) is 0 Å². The van der Waals surface area contributed by atoms with E-state index < -0.39 is 6.23 Å². The van der Waals surface area contributed by atoms with Crippen LogP contribution in [0.2, 0.25) is 0 Å². The van der Waals surface area contributed by atoms with Crippen LogP contribution in [0.5, 0.6) is 5.88 Å². The largest absolute Gasteiger partial charge is 0.446 e. The zero-order valence-corrected chi connectivity index (χ0v) is 16.8. The lowest BCUT2D eigenvalue weighted by molar-refractivity contribution is -0.120. The number of ether oxygens (including phenoxy) is 1. The predicted molar refractivity (Wildman–Crippen MR) is 107 cm³/mol. The van der Waals surface area contributed by atoms with Crippen LogP contribution < -0.4 is 9.64 Å². The van der Waals surface area contributed by atoms with Crippen molar-refractivity contribution >= 4 is 34.7 Å². The van der Waals surface area contributed by atoms with Gasteiger partial charge in [-0.1, -0.05) is 36.9 Å². The van der Waals surface area contributed by atoms with Gasteiger partial charge in [-0.2, -0.15) is 4.98 Å². The summed E-state index contributed by atoms with van der Waals surface area (Å²) < 4.78 is 6.31. The monoisotopic (exact) mass is 398 g/mol. The molecule has 3 heterocycles. The van der Waals surface area contributed by atoms with Gasteiger partial charge >= 0.3 is 0 Å². The van der Waals surface area contributed by atoms with E-state index in [1.807, 2.05) is 56.5 Å². The smallest absolute Gasteiger partial charge is 0.247 e. The fourth-order valence-electron chi connectivity index (χ4n) is 3.01. The van der Waals surface area contributed by atoms with Gasteiger partial charge in [0, 0.05) is 16.9 Å². The van der Waals surface area contributed by atoms with E-state index in [9.17, 15) is 4.79 Å². The van der Waals surface area contributed by atoms with Crippen LogP contribution in [-0.4, -0.2) is 27.3 Å². The summed E-state index contributed by atoms with van der Waals surface area (Å²) in [6, 6.07) is 11.7. The Morgan fingerprint density at radius 1 is 1.26 bits per heavy atom. The SMILES string of the molecule is CCC(=O)N1c2ccccc2-c2nnc(SC)nc2OC1c1ccc(C)s1. The molecule has 138 valence electrons. The topological polar surface area (TPSA) is 68.2 Å². The molecular formula is C19H18N4O2S2. The molecule has 2 aromatic heterocycles. The van der Waals surface area contributed by atoms with Gasteiger partial charge < -0.3 is 4.74 Å². The Bertz CT molecular complexity index is 1000. The molecule has 0 bridgehead atoms. The van der Waals surface area contributed by atoms with Gasteiger partial charge in [0.05, 0.1) is 10.6 Å². The Morgan fingerprint density at radius 3 is 2.78 bits per heavy atom. The third-order valence-corrected chi connectivity index (χ3v) is 5.84. The highest BCUT2D eigenvalue weighted by molar-refractivity contribution is 7.98. The molecule has 4 rings (SSSR count). The minimum atomic E-state index is -0.593. The van der Waals surface area contributed by atoms with E-state index in [2.05, 4.69) is 15.2 Å². The van der Waals surface area contributed by atoms with E-state index in [4.69, 9.17) is 4.74 Å². The van der Waals surface area contributed by atoms with Crippen molar-refractivity contribution in [3.8, 4) is 17.1 Å². The number of carbonyl (C=O) groups is 1. The number of anilines is 1. The number of benzene rings is 1. The summed E-state index contributed by atoms with van der Waals surface area (Å²) in [5.41, 5.74) is 2.10. The van der Waals surface area contributed by atoms with Crippen molar-refractivity contribution in [3.05, 3.63) is 46.2 Å². The molecule has 0 saturated heterocycles. The molecule has 1 amide bonds. The molecule has 0 saturated carbocycles. The minimum Gasteiger partial charge on any atom is -0.446 e. The second kappa shape index (κ2) is 7.28. The van der Waals surface area contributed by atoms with Crippen LogP contribution in [0.15, 0.2) is 41.6 Å². The Labute approximate surface area is 165 Å². The second-order valence-electron chi connectivity index (χ2n) is 6.01. The lowest BCUT2D eigenvalue weighted by Crippen LogP contribution is -2.36. The minimum absolute atomic E-state index is 0.0237. The Morgan fingerprint density at radius 2 is 2.07 bits per heavy atom. The van der Waals surface area contributed by atoms with Crippen LogP contribution in [0, 0.1) is 6.92 Å². The Balaban J connectivity index is 1.97. The molecule has 1 atom stereocenters. The van der Waals surface area contributed by atoms with Crippen LogP contribution >= 0.6 is 23.1 Å². The van der Waals surface area contributed by atoms with Gasteiger partial charge in [0.1, 0.15) is 0 Å². The molecule has 0 radical (unpaired) electrons. The Hall–Kier alpha value is -2.45. The molecule has 3 aromatic rings. The normalized spacial score (nSPS) is 15.5. The predicted octanol–water partition coefficient (Wildman–Crippen LogP) is 4.46. The lowest BCUT2D eigenvalue weighted by atomic mass is 10.1. The van der Waals surface area contributed by atoms with Gasteiger partial charge in [-0.05, 0) is 31.4 Å². The molecule has 0 fully saturated rings. The third kappa shape index (κ3) is 3.19. The third-order valence-electron chi connectivity index (χ3n) is 4.27. The molecule has 8 heteroatoms. The summed E-state index contributed by atoms with van der Waals surface area (Å²) in [6.07, 6.45) is 1.66. The maximum atomic E-state index is 12.9. The zero-order valence-electron chi connectivity index (χ0n) is 15.2. The maximum Gasteiger partial charge on any atom is 0.247 e. The van der Waals surface area contributed by atoms with Gasteiger partial charge in [-0.3, -0.25) is 9.69 Å². The number of thioether (sulfide) groups is 1. The van der Waals surface area contributed by atoms with E-state index in [-0.39, 0.29) is 5.91 Å². The Kier molecular flexibility index (Phi) is 4.84. The summed E-state index contributed by atoms with van der Waals surface area (Å²) in [4.78, 5) is 21.3. The highest BCUT2D eigenvalue weighted by atomic mass is 32.2. The number of fused-ring (bicyclic) bond motifs is 3. The molecule has 1 aromatic carbocycles. The number of nitrogens with zero attached hydrogens (tertiary/aromatic N) is 4. The molecule has 0 spiro atoms. The van der Waals surface area contributed by atoms with Crippen LogP contribution in [0.3, 0.4) is 0 Å². The number of para-hydroxylation sites is 1. The van der Waals surface area contributed by atoms with Crippen molar-refractivity contribution in [2.24, 2.45) is 0 Å². The first kappa shape index (κ1) is 17.9. The van der Waals surface area contributed by atoms with Crippen molar-refractivity contribution in [3.63, 3.8) is 0 Å². The molecule has 1 unspecified atom stereocenters. The summed E-state index contributed by atoms with van der Waals surface area (Å²) in [5.74, 6) is 0.369. The second-order valence-corrected chi connectivity index (χ2v) is 8.10. The molecule has 0 N–H and O–H groups in total. The van der Waals surface area contributed by atoms with Crippen LogP contribution in [0.1, 0.15) is 29.3 Å². The molecule has 27 heavy (non-hydrogen) atoms. The maximum absolute atomic E-state index is 12.9. The quantitative estimate of drug-likeness (QED) is 0.607. The highest BCUT2D eigenvalue weighted by Crippen LogP contribution is 2.44. The van der Waals surface area contributed by atoms with E-state index in [0.29, 0.717) is 23.2 Å². The van der Waals surface area contributed by atoms with E-state index in [0.717, 1.165) is 21.0 Å². The van der Waals surface area contributed by atoms with Crippen molar-refractivity contribution in [2.45, 2.75) is 31.7 Å². The summed E-state index contributed by atoms with van der Waals surface area (Å²) in [7, 11) is 0. The van der Waals surface area contributed by atoms with Crippen molar-refractivity contribution in [1.29, 1.82) is 0 Å². The molecule has 1 aliphatic heterocycles. The van der Waals surface area contributed by atoms with E-state index >= 15 is 0 Å². The van der Waals surface area contributed by atoms with Crippen LogP contribution in [0.25, 0.3) is 11.3 Å². The highest BCUT2D eigenvalue weighted by Gasteiger charge is 2.35. The number of aryl methyl sites for hydroxylation is 1. The number of aromatic nitrogens is 3. The number of hydrogen-bond donors (Lipinski definition) is 0. The summed E-state index contributed by atoms with van der Waals surface area (Å²) in [6.45, 7) is 3.89.